The van der Waals surface area contributed by atoms with Gasteiger partial charge in [0.2, 0.25) is 0 Å². The van der Waals surface area contributed by atoms with Crippen LogP contribution in [0.5, 0.6) is 0 Å². The van der Waals surface area contributed by atoms with Crippen LogP contribution in [0.2, 0.25) is 0 Å². The van der Waals surface area contributed by atoms with Crippen LogP contribution in [-0.4, -0.2) is 37.8 Å². The van der Waals surface area contributed by atoms with E-state index in [1.165, 1.54) is 11.1 Å². The smallest absolute Gasteiger partial charge is 0.163 e. The monoisotopic (exact) mass is 326 g/mol. The number of rotatable bonds is 2. The molecule has 0 aromatic carbocycles. The van der Waals surface area contributed by atoms with Gasteiger partial charge >= 0.3 is 0 Å². The minimum Gasteiger partial charge on any atom is -0.497 e. The van der Waals surface area contributed by atoms with Crippen molar-refractivity contribution in [3.8, 4) is 0 Å². The largest absolute Gasteiger partial charge is 0.497 e. The van der Waals surface area contributed by atoms with Crippen molar-refractivity contribution in [2.75, 3.05) is 14.2 Å². The summed E-state index contributed by atoms with van der Waals surface area (Å²) in [5.41, 5.74) is 3.48. The van der Waals surface area contributed by atoms with Gasteiger partial charge in [0, 0.05) is 25.0 Å². The maximum absolute atomic E-state index is 13.1. The molecule has 5 fully saturated rings. The van der Waals surface area contributed by atoms with Crippen molar-refractivity contribution in [3.63, 3.8) is 0 Å². The van der Waals surface area contributed by atoms with Gasteiger partial charge in [-0.25, -0.2) is 0 Å². The Balaban J connectivity index is 1.61. The summed E-state index contributed by atoms with van der Waals surface area (Å²) in [6.07, 6.45) is 8.96. The summed E-state index contributed by atoms with van der Waals surface area (Å²) < 4.78 is 18.2. The Kier molecular flexibility index (Phi) is 2.34. The lowest BCUT2D eigenvalue weighted by atomic mass is 9.44. The van der Waals surface area contributed by atoms with Gasteiger partial charge in [-0.05, 0) is 60.3 Å². The van der Waals surface area contributed by atoms with Crippen molar-refractivity contribution in [1.29, 1.82) is 0 Å². The van der Waals surface area contributed by atoms with E-state index in [2.05, 4.69) is 6.08 Å². The first kappa shape index (κ1) is 13.9. The Labute approximate surface area is 141 Å². The maximum Gasteiger partial charge on any atom is 0.163 e. The van der Waals surface area contributed by atoms with E-state index in [0.717, 1.165) is 37.0 Å². The molecule has 24 heavy (non-hydrogen) atoms. The minimum atomic E-state index is -0.136. The van der Waals surface area contributed by atoms with Crippen molar-refractivity contribution in [3.05, 3.63) is 34.6 Å². The highest BCUT2D eigenvalue weighted by Crippen LogP contribution is 2.74. The predicted octanol–water partition coefficient (Wildman–Crippen LogP) is 2.70. The number of ketones is 1. The Morgan fingerprint density at radius 1 is 1.29 bits per heavy atom. The summed E-state index contributed by atoms with van der Waals surface area (Å²) in [4.78, 5) is 13.1. The van der Waals surface area contributed by atoms with E-state index in [1.807, 2.05) is 13.2 Å². The molecule has 1 saturated heterocycles. The third-order valence-corrected chi connectivity index (χ3v) is 7.90. The van der Waals surface area contributed by atoms with Gasteiger partial charge < -0.3 is 14.2 Å². The highest BCUT2D eigenvalue weighted by molar-refractivity contribution is 6.03. The zero-order chi connectivity index (χ0) is 16.3. The van der Waals surface area contributed by atoms with Crippen molar-refractivity contribution in [2.24, 2.45) is 17.3 Å². The second kappa shape index (κ2) is 4.05. The Hall–Kier alpha value is -1.39. The van der Waals surface area contributed by atoms with Gasteiger partial charge in [0.05, 0.1) is 19.3 Å². The third kappa shape index (κ3) is 1.25. The van der Waals surface area contributed by atoms with E-state index < -0.39 is 0 Å². The lowest BCUT2D eigenvalue weighted by Crippen LogP contribution is -2.64. The average Bonchev–Trinajstić information content (AvgIpc) is 2.94. The van der Waals surface area contributed by atoms with E-state index >= 15 is 0 Å². The number of hydrogen-bond donors (Lipinski definition) is 0. The van der Waals surface area contributed by atoms with Crippen LogP contribution in [0, 0.1) is 17.3 Å². The maximum atomic E-state index is 13.1. The van der Waals surface area contributed by atoms with Gasteiger partial charge in [-0.1, -0.05) is 0 Å². The first-order valence-corrected chi connectivity index (χ1v) is 9.06. The Morgan fingerprint density at radius 2 is 2.17 bits per heavy atom. The summed E-state index contributed by atoms with van der Waals surface area (Å²) in [7, 11) is 3.53. The summed E-state index contributed by atoms with van der Waals surface area (Å²) in [5, 5.41) is 0. The molecule has 4 heteroatoms. The molecule has 0 N–H and O–H groups in total. The molecule has 6 aliphatic carbocycles. The minimum absolute atomic E-state index is 0.105. The van der Waals surface area contributed by atoms with E-state index in [1.54, 1.807) is 7.11 Å². The molecule has 1 heterocycles. The quantitative estimate of drug-likeness (QED) is 0.783. The Bertz CT molecular complexity index is 775. The predicted molar refractivity (Wildman–Crippen MR) is 86.1 cm³/mol. The molecule has 0 unspecified atom stereocenters. The van der Waals surface area contributed by atoms with Gasteiger partial charge in [-0.3, -0.25) is 4.79 Å². The summed E-state index contributed by atoms with van der Waals surface area (Å²) in [5.74, 6) is 1.93. The van der Waals surface area contributed by atoms with Gasteiger partial charge in [0.15, 0.2) is 5.78 Å². The Morgan fingerprint density at radius 3 is 2.96 bits per heavy atom. The van der Waals surface area contributed by atoms with Gasteiger partial charge in [0.1, 0.15) is 11.4 Å². The second-order valence-corrected chi connectivity index (χ2v) is 8.39. The molecule has 4 nitrogen and oxygen atoms in total. The molecule has 0 aromatic heterocycles. The normalized spacial score (nSPS) is 50.0. The highest BCUT2D eigenvalue weighted by Gasteiger charge is 2.76. The molecule has 0 aromatic rings. The summed E-state index contributed by atoms with van der Waals surface area (Å²) in [6.45, 7) is 0. The number of Topliss-reactive ketones (excluding diaryl/α,β-unsaturated/α-hetero) is 1. The van der Waals surface area contributed by atoms with E-state index in [4.69, 9.17) is 14.2 Å². The number of methoxy groups -OCH3 is 2. The first-order valence-electron chi connectivity index (χ1n) is 9.06. The van der Waals surface area contributed by atoms with Crippen LogP contribution in [0.15, 0.2) is 34.6 Å². The van der Waals surface area contributed by atoms with Gasteiger partial charge in [0.25, 0.3) is 0 Å². The van der Waals surface area contributed by atoms with Crippen molar-refractivity contribution in [2.45, 2.75) is 49.9 Å². The molecule has 1 aliphatic heterocycles. The number of carbonyl (C=O) groups excluding carboxylic acids is 1. The standard InChI is InChI=1S/C20H22O4/c1-22-10-3-4-11-15-12(7-10)13(21)8-19-5-6-20(23-2)14(9-19)24-18(11)17(20)16(15)19/h3,7,14,16-18H,4-6,8-9H2,1-2H3/t14-,16+,17+,18+,19-,20+/m0/s1. The first-order chi connectivity index (χ1) is 11.6. The van der Waals surface area contributed by atoms with Crippen LogP contribution in [0.4, 0.5) is 0 Å². The van der Waals surface area contributed by atoms with Crippen molar-refractivity contribution in [1.82, 2.24) is 0 Å². The zero-order valence-corrected chi connectivity index (χ0v) is 14.1. The number of fused-ring (bicyclic) bond motifs is 2. The van der Waals surface area contributed by atoms with E-state index in [0.29, 0.717) is 24.0 Å². The molecular formula is C20H22O4. The van der Waals surface area contributed by atoms with Crippen LogP contribution in [0.1, 0.15) is 32.1 Å². The molecule has 4 bridgehead atoms. The number of carbonyl (C=O) groups is 1. The van der Waals surface area contributed by atoms with Gasteiger partial charge in [-0.15, -0.1) is 0 Å². The van der Waals surface area contributed by atoms with Crippen LogP contribution >= 0.6 is 0 Å². The van der Waals surface area contributed by atoms with Crippen LogP contribution < -0.4 is 0 Å². The molecule has 7 aliphatic rings. The third-order valence-electron chi connectivity index (χ3n) is 7.90. The zero-order valence-electron chi connectivity index (χ0n) is 14.1. The van der Waals surface area contributed by atoms with Crippen LogP contribution in [0.3, 0.4) is 0 Å². The van der Waals surface area contributed by atoms with Crippen LogP contribution in [0.25, 0.3) is 0 Å². The molecule has 0 radical (unpaired) electrons. The highest BCUT2D eigenvalue weighted by atomic mass is 16.6. The van der Waals surface area contributed by atoms with Gasteiger partial charge in [-0.2, -0.15) is 0 Å². The lowest BCUT2D eigenvalue weighted by molar-refractivity contribution is -0.194. The molecule has 1 spiro atoms. The van der Waals surface area contributed by atoms with Crippen molar-refractivity contribution < 1.29 is 19.0 Å². The van der Waals surface area contributed by atoms with Crippen LogP contribution in [-0.2, 0) is 19.0 Å². The fraction of sp³-hybridized carbons (Fsp3) is 0.650. The summed E-state index contributed by atoms with van der Waals surface area (Å²) in [6, 6.07) is 0. The fourth-order valence-electron chi connectivity index (χ4n) is 7.05. The number of allylic oxidation sites excluding steroid dienone is 4. The van der Waals surface area contributed by atoms with E-state index in [9.17, 15) is 4.79 Å². The molecular weight excluding hydrogens is 304 g/mol. The SMILES string of the molecule is COC1=CCC2=C3C(=C1)C(=O)C[C@@]14CC[C@]5(OC)[C@@H]([C@@H]2O[C@H]5C1)[C@@H]34. The second-order valence-electron chi connectivity index (χ2n) is 8.39. The summed E-state index contributed by atoms with van der Waals surface area (Å²) >= 11 is 0. The molecule has 7 rings (SSSR count). The topological polar surface area (TPSA) is 44.8 Å². The molecule has 0 amide bonds. The van der Waals surface area contributed by atoms with Crippen molar-refractivity contribution >= 4 is 5.78 Å². The lowest BCUT2D eigenvalue weighted by Gasteiger charge is -2.61. The number of hydrogen-bond acceptors (Lipinski definition) is 4. The van der Waals surface area contributed by atoms with E-state index in [-0.39, 0.29) is 23.2 Å². The molecule has 4 saturated carbocycles. The fourth-order valence-corrected chi connectivity index (χ4v) is 7.05. The average molecular weight is 326 g/mol. The molecule has 126 valence electrons. The molecule has 6 atom stereocenters. The number of ether oxygens (including phenoxy) is 3.